The summed E-state index contributed by atoms with van der Waals surface area (Å²) in [4.78, 5) is 2.64. The van der Waals surface area contributed by atoms with Gasteiger partial charge in [0.25, 0.3) is 0 Å². The summed E-state index contributed by atoms with van der Waals surface area (Å²) in [7, 11) is 0. The Morgan fingerprint density at radius 3 is 2.54 bits per heavy atom. The van der Waals surface area contributed by atoms with E-state index in [1.807, 2.05) is 0 Å². The van der Waals surface area contributed by atoms with Crippen molar-refractivity contribution >= 4 is 31.9 Å². The topological polar surface area (TPSA) is 24.5 Å². The van der Waals surface area contributed by atoms with Crippen LogP contribution in [-0.2, 0) is 23.3 Å². The van der Waals surface area contributed by atoms with Crippen LogP contribution in [0.5, 0.6) is 0 Å². The Morgan fingerprint density at radius 2 is 1.77 bits per heavy atom. The van der Waals surface area contributed by atoms with E-state index in [9.17, 15) is 0 Å². The SMILES string of the molecule is Brc1cc(Br)cc(COC[C@]2(N3CCNCC3)CCc3ccccc32)c1. The first-order valence-corrected chi connectivity index (χ1v) is 10.8. The molecule has 0 saturated carbocycles. The molecule has 0 unspecified atom stereocenters. The Balaban J connectivity index is 1.54. The molecule has 0 spiro atoms. The zero-order chi connectivity index (χ0) is 18.0. The number of benzene rings is 2. The van der Waals surface area contributed by atoms with E-state index in [2.05, 4.69) is 84.5 Å². The molecule has 3 nitrogen and oxygen atoms in total. The van der Waals surface area contributed by atoms with Gasteiger partial charge in [0.15, 0.2) is 0 Å². The second-order valence-electron chi connectivity index (χ2n) is 7.20. The predicted molar refractivity (Wildman–Crippen MR) is 112 cm³/mol. The summed E-state index contributed by atoms with van der Waals surface area (Å²) in [6.07, 6.45) is 2.29. The smallest absolute Gasteiger partial charge is 0.0718 e. The number of halogens is 2. The number of ether oxygens (including phenoxy) is 1. The van der Waals surface area contributed by atoms with E-state index < -0.39 is 0 Å². The number of nitrogens with one attached hydrogen (secondary N) is 1. The molecule has 1 aliphatic carbocycles. The first kappa shape index (κ1) is 18.6. The minimum atomic E-state index is 0.0158. The van der Waals surface area contributed by atoms with Crippen molar-refractivity contribution in [2.24, 2.45) is 0 Å². The van der Waals surface area contributed by atoms with E-state index in [0.29, 0.717) is 6.61 Å². The lowest BCUT2D eigenvalue weighted by molar-refractivity contribution is -0.0240. The average Bonchev–Trinajstić information content (AvgIpc) is 3.02. The maximum absolute atomic E-state index is 6.32. The van der Waals surface area contributed by atoms with Crippen molar-refractivity contribution in [2.75, 3.05) is 32.8 Å². The van der Waals surface area contributed by atoms with E-state index in [1.165, 1.54) is 16.7 Å². The third-order valence-electron chi connectivity index (χ3n) is 5.58. The van der Waals surface area contributed by atoms with Crippen LogP contribution in [0.1, 0.15) is 23.1 Å². The molecule has 1 heterocycles. The fourth-order valence-electron chi connectivity index (χ4n) is 4.36. The first-order chi connectivity index (χ1) is 12.7. The third kappa shape index (κ3) is 3.78. The third-order valence-corrected chi connectivity index (χ3v) is 6.50. The highest BCUT2D eigenvalue weighted by Gasteiger charge is 2.44. The van der Waals surface area contributed by atoms with E-state index in [1.54, 1.807) is 0 Å². The summed E-state index contributed by atoms with van der Waals surface area (Å²) in [5, 5.41) is 3.48. The van der Waals surface area contributed by atoms with Crippen LogP contribution in [0.25, 0.3) is 0 Å². The van der Waals surface area contributed by atoms with Gasteiger partial charge >= 0.3 is 0 Å². The van der Waals surface area contributed by atoms with Crippen molar-refractivity contribution in [3.05, 3.63) is 68.1 Å². The molecule has 0 radical (unpaired) electrons. The quantitative estimate of drug-likeness (QED) is 0.684. The van der Waals surface area contributed by atoms with Gasteiger partial charge in [-0.05, 0) is 47.7 Å². The lowest BCUT2D eigenvalue weighted by Crippen LogP contribution is -2.55. The van der Waals surface area contributed by atoms with Gasteiger partial charge in [-0.1, -0.05) is 56.1 Å². The predicted octanol–water partition coefficient (Wildman–Crippen LogP) is 4.48. The van der Waals surface area contributed by atoms with Crippen molar-refractivity contribution in [1.82, 2.24) is 10.2 Å². The van der Waals surface area contributed by atoms with Gasteiger partial charge in [0.1, 0.15) is 0 Å². The van der Waals surface area contributed by atoms with Gasteiger partial charge in [-0.2, -0.15) is 0 Å². The van der Waals surface area contributed by atoms with Gasteiger partial charge in [0.05, 0.1) is 18.8 Å². The zero-order valence-corrected chi connectivity index (χ0v) is 18.0. The molecule has 5 heteroatoms. The number of piperazine rings is 1. The van der Waals surface area contributed by atoms with Crippen molar-refractivity contribution in [1.29, 1.82) is 0 Å². The lowest BCUT2D eigenvalue weighted by Gasteiger charge is -2.44. The lowest BCUT2D eigenvalue weighted by atomic mass is 9.89. The Morgan fingerprint density at radius 1 is 1.04 bits per heavy atom. The van der Waals surface area contributed by atoms with E-state index in [0.717, 1.165) is 54.6 Å². The molecule has 1 N–H and O–H groups in total. The molecule has 2 aliphatic rings. The number of aryl methyl sites for hydroxylation is 1. The van der Waals surface area contributed by atoms with Crippen LogP contribution in [0.4, 0.5) is 0 Å². The summed E-state index contributed by atoms with van der Waals surface area (Å²) in [5.41, 5.74) is 4.16. The molecule has 2 aromatic carbocycles. The Hall–Kier alpha value is -0.720. The van der Waals surface area contributed by atoms with Crippen molar-refractivity contribution in [3.8, 4) is 0 Å². The van der Waals surface area contributed by atoms with E-state index >= 15 is 0 Å². The standard InChI is InChI=1S/C21H24Br2N2O/c22-18-11-16(12-19(23)13-18)14-26-15-21(25-9-7-24-8-10-25)6-5-17-3-1-2-4-20(17)21/h1-4,11-13,24H,5-10,14-15H2/t21-/m1/s1. The maximum Gasteiger partial charge on any atom is 0.0718 e. The largest absolute Gasteiger partial charge is 0.374 e. The molecular formula is C21H24Br2N2O. The van der Waals surface area contributed by atoms with Crippen LogP contribution in [0, 0.1) is 0 Å². The minimum Gasteiger partial charge on any atom is -0.374 e. The number of nitrogens with zero attached hydrogens (tertiary/aromatic N) is 1. The highest BCUT2D eigenvalue weighted by molar-refractivity contribution is 9.11. The van der Waals surface area contributed by atoms with Crippen LogP contribution in [0.3, 0.4) is 0 Å². The summed E-state index contributed by atoms with van der Waals surface area (Å²) in [6.45, 7) is 5.66. The highest BCUT2D eigenvalue weighted by atomic mass is 79.9. The fraction of sp³-hybridized carbons (Fsp3) is 0.429. The van der Waals surface area contributed by atoms with Crippen LogP contribution < -0.4 is 5.32 Å². The second kappa shape index (κ2) is 8.11. The Bertz CT molecular complexity index is 756. The zero-order valence-electron chi connectivity index (χ0n) is 14.8. The Labute approximate surface area is 172 Å². The Kier molecular flexibility index (Phi) is 5.81. The van der Waals surface area contributed by atoms with Crippen LogP contribution in [0.15, 0.2) is 51.4 Å². The average molecular weight is 480 g/mol. The van der Waals surface area contributed by atoms with Gasteiger partial charge < -0.3 is 10.1 Å². The molecule has 2 aromatic rings. The molecule has 1 atom stereocenters. The van der Waals surface area contributed by atoms with Gasteiger partial charge in [0.2, 0.25) is 0 Å². The normalized spacial score (nSPS) is 23.2. The monoisotopic (exact) mass is 478 g/mol. The molecule has 138 valence electrons. The van der Waals surface area contributed by atoms with Crippen molar-refractivity contribution in [3.63, 3.8) is 0 Å². The number of hydrogen-bond donors (Lipinski definition) is 1. The molecular weight excluding hydrogens is 456 g/mol. The van der Waals surface area contributed by atoms with Crippen LogP contribution in [0.2, 0.25) is 0 Å². The molecule has 1 fully saturated rings. The minimum absolute atomic E-state index is 0.0158. The van der Waals surface area contributed by atoms with Crippen molar-refractivity contribution in [2.45, 2.75) is 25.0 Å². The summed E-state index contributed by atoms with van der Waals surface area (Å²) in [6, 6.07) is 15.2. The van der Waals surface area contributed by atoms with Crippen LogP contribution in [-0.4, -0.2) is 37.7 Å². The van der Waals surface area contributed by atoms with Gasteiger partial charge in [0, 0.05) is 35.1 Å². The highest BCUT2D eigenvalue weighted by Crippen LogP contribution is 2.42. The fourth-order valence-corrected chi connectivity index (χ4v) is 5.75. The van der Waals surface area contributed by atoms with E-state index in [-0.39, 0.29) is 5.54 Å². The van der Waals surface area contributed by atoms with Crippen LogP contribution >= 0.6 is 31.9 Å². The summed E-state index contributed by atoms with van der Waals surface area (Å²) >= 11 is 7.13. The summed E-state index contributed by atoms with van der Waals surface area (Å²) in [5.74, 6) is 0. The molecule has 26 heavy (non-hydrogen) atoms. The molecule has 0 amide bonds. The van der Waals surface area contributed by atoms with Crippen molar-refractivity contribution < 1.29 is 4.74 Å². The first-order valence-electron chi connectivity index (χ1n) is 9.24. The molecule has 1 saturated heterocycles. The van der Waals surface area contributed by atoms with Gasteiger partial charge in [-0.15, -0.1) is 0 Å². The van der Waals surface area contributed by atoms with Gasteiger partial charge in [-0.25, -0.2) is 0 Å². The van der Waals surface area contributed by atoms with E-state index in [4.69, 9.17) is 4.74 Å². The molecule has 0 aromatic heterocycles. The van der Waals surface area contributed by atoms with Gasteiger partial charge in [-0.3, -0.25) is 4.90 Å². The molecule has 1 aliphatic heterocycles. The second-order valence-corrected chi connectivity index (χ2v) is 9.03. The maximum atomic E-state index is 6.32. The molecule has 0 bridgehead atoms. The number of fused-ring (bicyclic) bond motifs is 1. The number of rotatable bonds is 5. The summed E-state index contributed by atoms with van der Waals surface area (Å²) < 4.78 is 8.48. The molecule has 4 rings (SSSR count). The number of hydrogen-bond acceptors (Lipinski definition) is 3.